The second-order valence-corrected chi connectivity index (χ2v) is 7.98. The normalized spacial score (nSPS) is 17.7. The topological polar surface area (TPSA) is 32.3 Å². The van der Waals surface area contributed by atoms with E-state index in [4.69, 9.17) is 34.8 Å². The van der Waals surface area contributed by atoms with Gasteiger partial charge in [0.05, 0.1) is 5.92 Å². The second-order valence-electron chi connectivity index (χ2n) is 6.73. The van der Waals surface area contributed by atoms with E-state index in [0.29, 0.717) is 40.3 Å². The van der Waals surface area contributed by atoms with Crippen molar-refractivity contribution in [3.63, 3.8) is 0 Å². The molecule has 1 N–H and O–H groups in total. The average molecular weight is 430 g/mol. The predicted molar refractivity (Wildman–Crippen MR) is 108 cm³/mol. The smallest absolute Gasteiger partial charge is 0.224 e. The Morgan fingerprint density at radius 3 is 2.74 bits per heavy atom. The Bertz CT molecular complexity index is 811. The zero-order valence-electron chi connectivity index (χ0n) is 14.7. The van der Waals surface area contributed by atoms with Crippen molar-refractivity contribution in [3.8, 4) is 0 Å². The van der Waals surface area contributed by atoms with Gasteiger partial charge in [-0.1, -0.05) is 46.9 Å². The van der Waals surface area contributed by atoms with Crippen molar-refractivity contribution in [3.05, 3.63) is 68.4 Å². The van der Waals surface area contributed by atoms with Crippen LogP contribution in [0.15, 0.2) is 36.4 Å². The number of carbonyl (C=O) groups is 1. The zero-order valence-corrected chi connectivity index (χ0v) is 16.9. The summed E-state index contributed by atoms with van der Waals surface area (Å²) in [6.07, 6.45) is 1.69. The quantitative estimate of drug-likeness (QED) is 0.698. The van der Waals surface area contributed by atoms with Gasteiger partial charge in [-0.15, -0.1) is 0 Å². The summed E-state index contributed by atoms with van der Waals surface area (Å²) < 4.78 is 14.0. The standard InChI is InChI=1S/C20H20Cl3FN2O/c21-15-7-6-13(18(23)9-15)10-25-20(27)14-3-2-8-26(11-14)12-16-17(22)4-1-5-19(16)24/h1,4-7,9,14H,2-3,8,10-12H2,(H,25,27). The first-order valence-corrected chi connectivity index (χ1v) is 9.94. The fourth-order valence-electron chi connectivity index (χ4n) is 3.31. The molecule has 2 aromatic rings. The van der Waals surface area contributed by atoms with Crippen LogP contribution in [0.25, 0.3) is 0 Å². The van der Waals surface area contributed by atoms with E-state index in [1.54, 1.807) is 30.3 Å². The largest absolute Gasteiger partial charge is 0.352 e. The number of amides is 1. The molecule has 0 bridgehead atoms. The van der Waals surface area contributed by atoms with Gasteiger partial charge in [-0.05, 0) is 49.2 Å². The van der Waals surface area contributed by atoms with Crippen molar-refractivity contribution in [1.29, 1.82) is 0 Å². The fourth-order valence-corrected chi connectivity index (χ4v) is 4.01. The van der Waals surface area contributed by atoms with Crippen LogP contribution in [0.2, 0.25) is 15.1 Å². The summed E-state index contributed by atoms with van der Waals surface area (Å²) in [6, 6.07) is 9.89. The summed E-state index contributed by atoms with van der Waals surface area (Å²) in [7, 11) is 0. The fraction of sp³-hybridized carbons (Fsp3) is 0.350. The molecule has 3 nitrogen and oxygen atoms in total. The first-order chi connectivity index (χ1) is 12.9. The van der Waals surface area contributed by atoms with Gasteiger partial charge >= 0.3 is 0 Å². The summed E-state index contributed by atoms with van der Waals surface area (Å²) in [5, 5.41) is 4.45. The Hall–Kier alpha value is -1.33. The molecule has 7 heteroatoms. The van der Waals surface area contributed by atoms with Gasteiger partial charge in [-0.2, -0.15) is 0 Å². The molecule has 1 amide bonds. The number of hydrogen-bond donors (Lipinski definition) is 1. The van der Waals surface area contributed by atoms with Crippen molar-refractivity contribution in [2.24, 2.45) is 5.92 Å². The number of piperidine rings is 1. The van der Waals surface area contributed by atoms with Crippen molar-refractivity contribution in [2.75, 3.05) is 13.1 Å². The number of likely N-dealkylation sites (tertiary alicyclic amines) is 1. The molecule has 0 spiro atoms. The monoisotopic (exact) mass is 428 g/mol. The lowest BCUT2D eigenvalue weighted by Gasteiger charge is -2.32. The molecular weight excluding hydrogens is 410 g/mol. The minimum atomic E-state index is -0.313. The molecule has 0 aromatic heterocycles. The summed E-state index contributed by atoms with van der Waals surface area (Å²) >= 11 is 18.2. The lowest BCUT2D eigenvalue weighted by Crippen LogP contribution is -2.42. The van der Waals surface area contributed by atoms with Crippen LogP contribution in [0.4, 0.5) is 4.39 Å². The second kappa shape index (κ2) is 9.24. The highest BCUT2D eigenvalue weighted by Crippen LogP contribution is 2.25. The van der Waals surface area contributed by atoms with Crippen molar-refractivity contribution >= 4 is 40.7 Å². The number of halogens is 4. The number of nitrogens with one attached hydrogen (secondary N) is 1. The lowest BCUT2D eigenvalue weighted by atomic mass is 9.96. The van der Waals surface area contributed by atoms with E-state index in [0.717, 1.165) is 24.9 Å². The van der Waals surface area contributed by atoms with Crippen molar-refractivity contribution < 1.29 is 9.18 Å². The molecule has 1 atom stereocenters. The van der Waals surface area contributed by atoms with Gasteiger partial charge in [-0.3, -0.25) is 9.69 Å². The van der Waals surface area contributed by atoms with Crippen LogP contribution in [0.5, 0.6) is 0 Å². The third-order valence-corrected chi connectivity index (χ3v) is 5.73. The van der Waals surface area contributed by atoms with Gasteiger partial charge in [0.15, 0.2) is 0 Å². The number of hydrogen-bond acceptors (Lipinski definition) is 2. The number of nitrogens with zero attached hydrogens (tertiary/aromatic N) is 1. The first kappa shape index (κ1) is 20.4. The molecule has 1 saturated heterocycles. The SMILES string of the molecule is O=C(NCc1ccc(Cl)cc1Cl)C1CCCN(Cc2c(F)cccc2Cl)C1. The molecular formula is C20H20Cl3FN2O. The summed E-state index contributed by atoms with van der Waals surface area (Å²) in [4.78, 5) is 14.7. The molecule has 1 unspecified atom stereocenters. The van der Waals surface area contributed by atoms with Crippen LogP contribution in [0, 0.1) is 11.7 Å². The number of rotatable bonds is 5. The van der Waals surface area contributed by atoms with Crippen LogP contribution in [0.1, 0.15) is 24.0 Å². The molecule has 0 saturated carbocycles. The molecule has 3 rings (SSSR count). The number of carbonyl (C=O) groups excluding carboxylic acids is 1. The van der Waals surface area contributed by atoms with Crippen molar-refractivity contribution in [2.45, 2.75) is 25.9 Å². The van der Waals surface area contributed by atoms with Crippen LogP contribution >= 0.6 is 34.8 Å². The van der Waals surface area contributed by atoms with E-state index in [9.17, 15) is 9.18 Å². The van der Waals surface area contributed by atoms with Crippen LogP contribution < -0.4 is 5.32 Å². The predicted octanol–water partition coefficient (Wildman–Crippen LogP) is 5.31. The summed E-state index contributed by atoms with van der Waals surface area (Å²) in [5.41, 5.74) is 1.30. The minimum Gasteiger partial charge on any atom is -0.352 e. The van der Waals surface area contributed by atoms with Gasteiger partial charge < -0.3 is 5.32 Å². The van der Waals surface area contributed by atoms with Gasteiger partial charge in [0.25, 0.3) is 0 Å². The van der Waals surface area contributed by atoms with E-state index in [1.807, 2.05) is 0 Å². The van der Waals surface area contributed by atoms with Crippen molar-refractivity contribution in [1.82, 2.24) is 10.2 Å². The molecule has 0 aliphatic carbocycles. The molecule has 1 aliphatic heterocycles. The zero-order chi connectivity index (χ0) is 19.4. The third kappa shape index (κ3) is 5.35. The molecule has 1 heterocycles. The lowest BCUT2D eigenvalue weighted by molar-refractivity contribution is -0.126. The minimum absolute atomic E-state index is 0.0228. The van der Waals surface area contributed by atoms with Gasteiger partial charge in [0.1, 0.15) is 5.82 Å². The summed E-state index contributed by atoms with van der Waals surface area (Å²) in [6.45, 7) is 2.14. The maximum atomic E-state index is 14.0. The molecule has 27 heavy (non-hydrogen) atoms. The van der Waals surface area contributed by atoms with E-state index < -0.39 is 0 Å². The molecule has 144 valence electrons. The Kier molecular flexibility index (Phi) is 6.99. The van der Waals surface area contributed by atoms with E-state index in [-0.39, 0.29) is 17.6 Å². The molecule has 2 aromatic carbocycles. The highest BCUT2D eigenvalue weighted by molar-refractivity contribution is 6.35. The Morgan fingerprint density at radius 1 is 1.19 bits per heavy atom. The maximum absolute atomic E-state index is 14.0. The maximum Gasteiger partial charge on any atom is 0.224 e. The summed E-state index contributed by atoms with van der Waals surface area (Å²) in [5.74, 6) is -0.479. The van der Waals surface area contributed by atoms with E-state index in [1.165, 1.54) is 6.07 Å². The van der Waals surface area contributed by atoms with Gasteiger partial charge in [0, 0.05) is 40.3 Å². The number of benzene rings is 2. The van der Waals surface area contributed by atoms with Crippen LogP contribution in [0.3, 0.4) is 0 Å². The van der Waals surface area contributed by atoms with Gasteiger partial charge in [0.2, 0.25) is 5.91 Å². The molecule has 0 radical (unpaired) electrons. The van der Waals surface area contributed by atoms with E-state index >= 15 is 0 Å². The highest BCUT2D eigenvalue weighted by atomic mass is 35.5. The Labute approximate surface area is 173 Å². The Morgan fingerprint density at radius 2 is 2.00 bits per heavy atom. The van der Waals surface area contributed by atoms with E-state index in [2.05, 4.69) is 10.2 Å². The molecule has 1 fully saturated rings. The third-order valence-electron chi connectivity index (χ3n) is 4.79. The van der Waals surface area contributed by atoms with Gasteiger partial charge in [-0.25, -0.2) is 4.39 Å². The highest BCUT2D eigenvalue weighted by Gasteiger charge is 2.26. The first-order valence-electron chi connectivity index (χ1n) is 8.81. The molecule has 1 aliphatic rings. The van der Waals surface area contributed by atoms with Crippen LogP contribution in [-0.2, 0) is 17.9 Å². The van der Waals surface area contributed by atoms with Crippen LogP contribution in [-0.4, -0.2) is 23.9 Å². The average Bonchev–Trinajstić information content (AvgIpc) is 2.64. The Balaban J connectivity index is 1.58.